The Hall–Kier alpha value is -3.09. The number of likely N-dealkylation sites (tertiary alicyclic amines) is 1. The molecule has 4 rings (SSSR count). The lowest BCUT2D eigenvalue weighted by molar-refractivity contribution is -0.129. The average molecular weight is 394 g/mol. The van der Waals surface area contributed by atoms with Gasteiger partial charge in [-0.15, -0.1) is 0 Å². The first kappa shape index (κ1) is 19.2. The summed E-state index contributed by atoms with van der Waals surface area (Å²) in [6.07, 6.45) is 2.71. The van der Waals surface area contributed by atoms with Gasteiger partial charge in [-0.1, -0.05) is 32.4 Å². The van der Waals surface area contributed by atoms with Gasteiger partial charge in [-0.3, -0.25) is 9.59 Å². The predicted octanol–water partition coefficient (Wildman–Crippen LogP) is 3.41. The van der Waals surface area contributed by atoms with Crippen molar-refractivity contribution < 1.29 is 14.0 Å². The Bertz CT molecular complexity index is 962. The largest absolute Gasteiger partial charge is 0.467 e. The molecule has 3 atom stereocenters. The third-order valence-electron chi connectivity index (χ3n) is 5.73. The number of hydrogen-bond donors (Lipinski definition) is 2. The molecule has 2 aromatic heterocycles. The van der Waals surface area contributed by atoms with E-state index in [9.17, 15) is 9.59 Å². The number of fused-ring (bicyclic) bond motifs is 1. The van der Waals surface area contributed by atoms with E-state index in [0.717, 1.165) is 29.0 Å². The van der Waals surface area contributed by atoms with Gasteiger partial charge in [0, 0.05) is 13.0 Å². The molecule has 7 nitrogen and oxygen atoms in total. The summed E-state index contributed by atoms with van der Waals surface area (Å²) < 4.78 is 5.33. The van der Waals surface area contributed by atoms with Crippen LogP contribution >= 0.6 is 0 Å². The molecular formula is C22H26N4O3. The van der Waals surface area contributed by atoms with Crippen molar-refractivity contribution in [2.45, 2.75) is 39.3 Å². The number of carbonyl (C=O) groups excluding carboxylic acids is 2. The van der Waals surface area contributed by atoms with Crippen LogP contribution in [0.15, 0.2) is 47.1 Å². The van der Waals surface area contributed by atoms with E-state index in [4.69, 9.17) is 4.42 Å². The van der Waals surface area contributed by atoms with E-state index in [-0.39, 0.29) is 36.1 Å². The fourth-order valence-electron chi connectivity index (χ4n) is 3.80. The summed E-state index contributed by atoms with van der Waals surface area (Å²) in [5.74, 6) is 1.19. The van der Waals surface area contributed by atoms with Crippen molar-refractivity contribution in [3.63, 3.8) is 0 Å². The lowest BCUT2D eigenvalue weighted by Crippen LogP contribution is -2.38. The number of nitrogens with zero attached hydrogens (tertiary/aromatic N) is 2. The lowest BCUT2D eigenvalue weighted by atomic mass is 9.97. The molecule has 0 saturated carbocycles. The van der Waals surface area contributed by atoms with Gasteiger partial charge >= 0.3 is 0 Å². The van der Waals surface area contributed by atoms with Gasteiger partial charge in [0.05, 0.1) is 35.8 Å². The standard InChI is InChI=1S/C22H26N4O3/c1-3-14(2)20(21-23-17-8-4-5-9-18(17)24-21)25-22(28)15-11-19(27)26(12-15)13-16-7-6-10-29-16/h4-10,14-15,20H,3,11-13H2,1-2H3,(H,23,24)(H,25,28)/t14-,15+,20-/m0/s1. The molecule has 1 saturated heterocycles. The Morgan fingerprint density at radius 1 is 1.34 bits per heavy atom. The number of aromatic nitrogens is 2. The zero-order chi connectivity index (χ0) is 20.4. The maximum absolute atomic E-state index is 13.0. The molecule has 3 heterocycles. The number of para-hydroxylation sites is 2. The Labute approximate surface area is 169 Å². The summed E-state index contributed by atoms with van der Waals surface area (Å²) in [6.45, 7) is 4.99. The molecule has 0 bridgehead atoms. The second kappa shape index (κ2) is 8.11. The van der Waals surface area contributed by atoms with E-state index in [2.05, 4.69) is 29.1 Å². The lowest BCUT2D eigenvalue weighted by Gasteiger charge is -2.24. The van der Waals surface area contributed by atoms with E-state index in [1.807, 2.05) is 30.3 Å². The van der Waals surface area contributed by atoms with Crippen LogP contribution < -0.4 is 5.32 Å². The van der Waals surface area contributed by atoms with Crippen LogP contribution in [0.4, 0.5) is 0 Å². The number of aromatic amines is 1. The van der Waals surface area contributed by atoms with Crippen LogP contribution in [0.5, 0.6) is 0 Å². The highest BCUT2D eigenvalue weighted by atomic mass is 16.3. The van der Waals surface area contributed by atoms with Crippen molar-refractivity contribution >= 4 is 22.8 Å². The van der Waals surface area contributed by atoms with E-state index in [1.165, 1.54) is 0 Å². The number of hydrogen-bond acceptors (Lipinski definition) is 4. The number of H-pyrrole nitrogens is 1. The second-order valence-corrected chi connectivity index (χ2v) is 7.77. The molecule has 0 radical (unpaired) electrons. The summed E-state index contributed by atoms with van der Waals surface area (Å²) in [5.41, 5.74) is 1.83. The zero-order valence-electron chi connectivity index (χ0n) is 16.7. The van der Waals surface area contributed by atoms with Crippen LogP contribution in [0.25, 0.3) is 11.0 Å². The maximum atomic E-state index is 13.0. The number of rotatable bonds is 7. The van der Waals surface area contributed by atoms with Gasteiger partial charge in [0.2, 0.25) is 11.8 Å². The summed E-state index contributed by atoms with van der Waals surface area (Å²) in [5, 5.41) is 3.15. The summed E-state index contributed by atoms with van der Waals surface area (Å²) in [6, 6.07) is 11.2. The smallest absolute Gasteiger partial charge is 0.226 e. The van der Waals surface area contributed by atoms with Crippen LogP contribution in [0.1, 0.15) is 44.3 Å². The maximum Gasteiger partial charge on any atom is 0.226 e. The van der Waals surface area contributed by atoms with Gasteiger partial charge < -0.3 is 19.6 Å². The fourth-order valence-corrected chi connectivity index (χ4v) is 3.80. The molecule has 1 fully saturated rings. The summed E-state index contributed by atoms with van der Waals surface area (Å²) in [4.78, 5) is 35.1. The average Bonchev–Trinajstić information content (AvgIpc) is 3.46. The minimum absolute atomic E-state index is 0.0228. The monoisotopic (exact) mass is 394 g/mol. The molecule has 29 heavy (non-hydrogen) atoms. The third-order valence-corrected chi connectivity index (χ3v) is 5.73. The summed E-state index contributed by atoms with van der Waals surface area (Å²) in [7, 11) is 0. The van der Waals surface area contributed by atoms with Crippen molar-refractivity contribution in [2.24, 2.45) is 11.8 Å². The number of amides is 2. The molecule has 152 valence electrons. The van der Waals surface area contributed by atoms with Gasteiger partial charge in [0.25, 0.3) is 0 Å². The van der Waals surface area contributed by atoms with Crippen molar-refractivity contribution in [1.29, 1.82) is 0 Å². The van der Waals surface area contributed by atoms with Crippen molar-refractivity contribution in [3.05, 3.63) is 54.2 Å². The van der Waals surface area contributed by atoms with Crippen LogP contribution in [-0.2, 0) is 16.1 Å². The first-order chi connectivity index (χ1) is 14.0. The molecule has 1 aromatic carbocycles. The Balaban J connectivity index is 1.47. The predicted molar refractivity (Wildman–Crippen MR) is 109 cm³/mol. The molecule has 2 N–H and O–H groups in total. The van der Waals surface area contributed by atoms with Gasteiger partial charge in [0.15, 0.2) is 0 Å². The normalized spacial score (nSPS) is 18.9. The first-order valence-corrected chi connectivity index (χ1v) is 10.1. The number of furan rings is 1. The van der Waals surface area contributed by atoms with Crippen LogP contribution in [0.2, 0.25) is 0 Å². The topological polar surface area (TPSA) is 91.2 Å². The van der Waals surface area contributed by atoms with E-state index in [0.29, 0.717) is 13.1 Å². The Kier molecular flexibility index (Phi) is 5.38. The van der Waals surface area contributed by atoms with Crippen LogP contribution in [-0.4, -0.2) is 33.2 Å². The van der Waals surface area contributed by atoms with Crippen LogP contribution in [0, 0.1) is 11.8 Å². The highest BCUT2D eigenvalue weighted by Gasteiger charge is 2.36. The quantitative estimate of drug-likeness (QED) is 0.642. The SMILES string of the molecule is CC[C@H](C)[C@H](NC(=O)[C@@H]1CC(=O)N(Cc2ccco2)C1)c1nc2ccccc2[nH]1. The van der Waals surface area contributed by atoms with E-state index >= 15 is 0 Å². The summed E-state index contributed by atoms with van der Waals surface area (Å²) >= 11 is 0. The van der Waals surface area contributed by atoms with Crippen molar-refractivity contribution in [2.75, 3.05) is 6.54 Å². The molecule has 1 aliphatic heterocycles. The number of benzene rings is 1. The van der Waals surface area contributed by atoms with Gasteiger partial charge in [-0.25, -0.2) is 4.98 Å². The first-order valence-electron chi connectivity index (χ1n) is 10.1. The molecule has 0 aliphatic carbocycles. The molecule has 2 amide bonds. The fraction of sp³-hybridized carbons (Fsp3) is 0.409. The second-order valence-electron chi connectivity index (χ2n) is 7.77. The van der Waals surface area contributed by atoms with Crippen LogP contribution in [0.3, 0.4) is 0 Å². The molecule has 0 unspecified atom stereocenters. The minimum Gasteiger partial charge on any atom is -0.467 e. The molecule has 3 aromatic rings. The highest BCUT2D eigenvalue weighted by molar-refractivity contribution is 5.89. The Morgan fingerprint density at radius 2 is 2.17 bits per heavy atom. The highest BCUT2D eigenvalue weighted by Crippen LogP contribution is 2.27. The molecule has 0 spiro atoms. The third kappa shape index (κ3) is 4.04. The number of carbonyl (C=O) groups is 2. The molecule has 1 aliphatic rings. The number of imidazole rings is 1. The minimum atomic E-state index is -0.367. The van der Waals surface area contributed by atoms with E-state index < -0.39 is 0 Å². The zero-order valence-corrected chi connectivity index (χ0v) is 16.7. The molecular weight excluding hydrogens is 368 g/mol. The van der Waals surface area contributed by atoms with Gasteiger partial charge in [0.1, 0.15) is 11.6 Å². The van der Waals surface area contributed by atoms with Crippen molar-refractivity contribution in [1.82, 2.24) is 20.2 Å². The van der Waals surface area contributed by atoms with Gasteiger partial charge in [-0.05, 0) is 30.2 Å². The van der Waals surface area contributed by atoms with Gasteiger partial charge in [-0.2, -0.15) is 0 Å². The van der Waals surface area contributed by atoms with E-state index in [1.54, 1.807) is 17.2 Å². The molecule has 7 heteroatoms. The Morgan fingerprint density at radius 3 is 2.90 bits per heavy atom. The van der Waals surface area contributed by atoms with Crippen molar-refractivity contribution in [3.8, 4) is 0 Å². The number of nitrogens with one attached hydrogen (secondary N) is 2.